The molecule has 2 aromatic rings. The van der Waals surface area contributed by atoms with Crippen molar-refractivity contribution in [2.24, 2.45) is 0 Å². The lowest BCUT2D eigenvalue weighted by atomic mass is 9.99. The van der Waals surface area contributed by atoms with Crippen molar-refractivity contribution < 1.29 is 9.22 Å². The zero-order valence-corrected chi connectivity index (χ0v) is 18.2. The van der Waals surface area contributed by atoms with E-state index < -0.39 is 8.32 Å². The van der Waals surface area contributed by atoms with Crippen molar-refractivity contribution >= 4 is 24.6 Å². The number of nitrogens with one attached hydrogen (secondary N) is 1. The van der Waals surface area contributed by atoms with Crippen LogP contribution in [0.15, 0.2) is 73.3 Å². The largest absolute Gasteiger partial charge is 0.404 e. The van der Waals surface area contributed by atoms with Crippen LogP contribution < -0.4 is 15.7 Å². The molecule has 0 radical (unpaired) electrons. The van der Waals surface area contributed by atoms with Crippen LogP contribution in [0.3, 0.4) is 0 Å². The Kier molecular flexibility index (Phi) is 6.21. The summed E-state index contributed by atoms with van der Waals surface area (Å²) in [6, 6.07) is 21.3. The van der Waals surface area contributed by atoms with Crippen molar-refractivity contribution in [3.8, 4) is 0 Å². The van der Waals surface area contributed by atoms with Crippen LogP contribution in [0, 0.1) is 0 Å². The summed E-state index contributed by atoms with van der Waals surface area (Å²) in [6.45, 7) is 10.6. The fraction of sp³-hybridized carbons (Fsp3) is 0.375. The third-order valence-corrected chi connectivity index (χ3v) is 10.6. The van der Waals surface area contributed by atoms with Crippen LogP contribution in [-0.4, -0.2) is 26.4 Å². The highest BCUT2D eigenvalue weighted by Gasteiger charge is 2.52. The number of piperidine rings is 1. The Morgan fingerprint density at radius 2 is 1.61 bits per heavy atom. The Morgan fingerprint density at radius 3 is 2.07 bits per heavy atom. The monoisotopic (exact) mass is 393 g/mol. The van der Waals surface area contributed by atoms with Crippen LogP contribution in [0.25, 0.3) is 0 Å². The molecule has 1 saturated heterocycles. The summed E-state index contributed by atoms with van der Waals surface area (Å²) in [5.41, 5.74) is 0. The molecule has 1 N–H and O–H groups in total. The molecule has 0 spiro atoms. The zero-order chi connectivity index (χ0) is 20.2. The van der Waals surface area contributed by atoms with Gasteiger partial charge in [0.25, 0.3) is 8.32 Å². The summed E-state index contributed by atoms with van der Waals surface area (Å²) >= 11 is 0. The molecule has 148 valence electrons. The topological polar surface area (TPSA) is 38.3 Å². The highest BCUT2D eigenvalue weighted by Crippen LogP contribution is 2.38. The first-order valence-electron chi connectivity index (χ1n) is 10.1. The maximum absolute atomic E-state index is 12.4. The van der Waals surface area contributed by atoms with Crippen molar-refractivity contribution in [3.63, 3.8) is 0 Å². The number of benzene rings is 2. The number of hydrogen-bond acceptors (Lipinski definition) is 2. The van der Waals surface area contributed by atoms with Crippen molar-refractivity contribution in [2.75, 3.05) is 0 Å². The average Bonchev–Trinajstić information content (AvgIpc) is 2.66. The van der Waals surface area contributed by atoms with Gasteiger partial charge in [0.1, 0.15) is 0 Å². The number of rotatable bonds is 6. The second-order valence-electron chi connectivity index (χ2n) is 8.63. The molecule has 0 unspecified atom stereocenters. The van der Waals surface area contributed by atoms with Gasteiger partial charge in [0.15, 0.2) is 0 Å². The van der Waals surface area contributed by atoms with Crippen molar-refractivity contribution in [1.29, 1.82) is 0 Å². The predicted octanol–water partition coefficient (Wildman–Crippen LogP) is 3.79. The Labute approximate surface area is 170 Å². The molecule has 2 atom stereocenters. The van der Waals surface area contributed by atoms with E-state index in [0.717, 1.165) is 12.8 Å². The standard InChI is InChI=1S/C24H31NO2Si/c1-5-12-19-17-20(18-23(26)25-19)27-28(24(2,3)4,21-13-8-6-9-14-21)22-15-10-7-11-16-22/h5-11,13-16,19-20H,1,12,17-18H2,2-4H3,(H,25,26)/t19-,20-/m1/s1. The average molecular weight is 394 g/mol. The fourth-order valence-electron chi connectivity index (χ4n) is 4.34. The Balaban J connectivity index is 2.08. The van der Waals surface area contributed by atoms with Gasteiger partial charge in [-0.2, -0.15) is 0 Å². The summed E-state index contributed by atoms with van der Waals surface area (Å²) in [6.07, 6.45) is 3.79. The number of hydrogen-bond donors (Lipinski definition) is 1. The van der Waals surface area contributed by atoms with Gasteiger partial charge < -0.3 is 9.74 Å². The summed E-state index contributed by atoms with van der Waals surface area (Å²) in [7, 11) is -2.62. The van der Waals surface area contributed by atoms with Gasteiger partial charge in [0.2, 0.25) is 5.91 Å². The van der Waals surface area contributed by atoms with Crippen molar-refractivity contribution in [2.45, 2.75) is 57.2 Å². The molecule has 28 heavy (non-hydrogen) atoms. The highest BCUT2D eigenvalue weighted by molar-refractivity contribution is 6.99. The van der Waals surface area contributed by atoms with E-state index in [4.69, 9.17) is 4.43 Å². The number of carbonyl (C=O) groups is 1. The molecule has 1 aliphatic rings. The molecule has 0 saturated carbocycles. The molecule has 1 aliphatic heterocycles. The Bertz CT molecular complexity index is 759. The molecular weight excluding hydrogens is 362 g/mol. The zero-order valence-electron chi connectivity index (χ0n) is 17.2. The predicted molar refractivity (Wildman–Crippen MR) is 118 cm³/mol. The van der Waals surface area contributed by atoms with Gasteiger partial charge in [0, 0.05) is 6.04 Å². The van der Waals surface area contributed by atoms with E-state index in [1.807, 2.05) is 18.2 Å². The Morgan fingerprint density at radius 1 is 1.07 bits per heavy atom. The molecular formula is C24H31NO2Si. The van der Waals surface area contributed by atoms with Crippen LogP contribution in [0.4, 0.5) is 0 Å². The highest BCUT2D eigenvalue weighted by atomic mass is 28.4. The van der Waals surface area contributed by atoms with Crippen molar-refractivity contribution in [1.82, 2.24) is 5.32 Å². The lowest BCUT2D eigenvalue weighted by Gasteiger charge is -2.46. The van der Waals surface area contributed by atoms with E-state index in [0.29, 0.717) is 6.42 Å². The summed E-state index contributed by atoms with van der Waals surface area (Å²) in [5.74, 6) is 0.0704. The van der Waals surface area contributed by atoms with Gasteiger partial charge in [0.05, 0.1) is 12.5 Å². The summed E-state index contributed by atoms with van der Waals surface area (Å²) in [4.78, 5) is 12.4. The van der Waals surface area contributed by atoms with E-state index in [9.17, 15) is 4.79 Å². The minimum Gasteiger partial charge on any atom is -0.404 e. The normalized spacial score (nSPS) is 20.5. The van der Waals surface area contributed by atoms with Gasteiger partial charge in [-0.25, -0.2) is 0 Å². The summed E-state index contributed by atoms with van der Waals surface area (Å²) < 4.78 is 7.11. The SMILES string of the molecule is C=CC[C@@H]1C[C@@H](O[Si](c2ccccc2)(c2ccccc2)C(C)(C)C)CC(=O)N1. The first kappa shape index (κ1) is 20.6. The van der Waals surface area contributed by atoms with Crippen LogP contribution in [-0.2, 0) is 9.22 Å². The third kappa shape index (κ3) is 4.13. The second kappa shape index (κ2) is 8.46. The number of carbonyl (C=O) groups excluding carboxylic acids is 1. The quantitative estimate of drug-likeness (QED) is 0.599. The van der Waals surface area contributed by atoms with Crippen LogP contribution in [0.1, 0.15) is 40.0 Å². The summed E-state index contributed by atoms with van der Waals surface area (Å²) in [5, 5.41) is 5.49. The van der Waals surface area contributed by atoms with E-state index in [-0.39, 0.29) is 23.1 Å². The van der Waals surface area contributed by atoms with Gasteiger partial charge >= 0.3 is 0 Å². The van der Waals surface area contributed by atoms with Gasteiger partial charge in [-0.05, 0) is 28.3 Å². The van der Waals surface area contributed by atoms with Crippen LogP contribution in [0.2, 0.25) is 5.04 Å². The molecule has 3 nitrogen and oxygen atoms in total. The molecule has 4 heteroatoms. The van der Waals surface area contributed by atoms with Crippen LogP contribution >= 0.6 is 0 Å². The molecule has 1 fully saturated rings. The molecule has 1 amide bonds. The third-order valence-electron chi connectivity index (χ3n) is 5.54. The minimum absolute atomic E-state index is 0.0704. The molecule has 3 rings (SSSR count). The second-order valence-corrected chi connectivity index (χ2v) is 12.9. The first-order chi connectivity index (χ1) is 13.4. The van der Waals surface area contributed by atoms with Gasteiger partial charge in [-0.3, -0.25) is 4.79 Å². The van der Waals surface area contributed by atoms with E-state index in [1.54, 1.807) is 0 Å². The maximum Gasteiger partial charge on any atom is 0.261 e. The lowest BCUT2D eigenvalue weighted by Crippen LogP contribution is -2.68. The lowest BCUT2D eigenvalue weighted by molar-refractivity contribution is -0.126. The molecule has 0 aromatic heterocycles. The molecule has 1 heterocycles. The van der Waals surface area contributed by atoms with E-state index in [2.05, 4.69) is 81.2 Å². The Hall–Kier alpha value is -2.17. The fourth-order valence-corrected chi connectivity index (χ4v) is 9.03. The maximum atomic E-state index is 12.4. The van der Waals surface area contributed by atoms with Crippen LogP contribution in [0.5, 0.6) is 0 Å². The van der Waals surface area contributed by atoms with Crippen molar-refractivity contribution in [3.05, 3.63) is 73.3 Å². The van der Waals surface area contributed by atoms with E-state index in [1.165, 1.54) is 10.4 Å². The van der Waals surface area contributed by atoms with E-state index >= 15 is 0 Å². The molecule has 2 aromatic carbocycles. The first-order valence-corrected chi connectivity index (χ1v) is 12.0. The molecule has 0 bridgehead atoms. The molecule has 0 aliphatic carbocycles. The minimum atomic E-state index is -2.62. The van der Waals surface area contributed by atoms with Gasteiger partial charge in [-0.1, -0.05) is 87.5 Å². The number of amides is 1. The smallest absolute Gasteiger partial charge is 0.261 e. The van der Waals surface area contributed by atoms with Gasteiger partial charge in [-0.15, -0.1) is 6.58 Å².